The lowest BCUT2D eigenvalue weighted by Crippen LogP contribution is -2.38. The number of rotatable bonds is 4. The Balaban J connectivity index is 2.05. The summed E-state index contributed by atoms with van der Waals surface area (Å²) in [6.07, 6.45) is 4.72. The highest BCUT2D eigenvalue weighted by Gasteiger charge is 2.28. The molecule has 1 fully saturated rings. The molecule has 18 heavy (non-hydrogen) atoms. The van der Waals surface area contributed by atoms with Crippen molar-refractivity contribution in [3.05, 3.63) is 17.5 Å². The van der Waals surface area contributed by atoms with Crippen LogP contribution in [0.25, 0.3) is 0 Å². The monoisotopic (exact) mass is 249 g/mol. The van der Waals surface area contributed by atoms with Gasteiger partial charge in [-0.1, -0.05) is 12.8 Å². The van der Waals surface area contributed by atoms with Crippen molar-refractivity contribution in [2.24, 2.45) is 11.7 Å². The van der Waals surface area contributed by atoms with Gasteiger partial charge in [-0.2, -0.15) is 5.10 Å². The molecule has 4 nitrogen and oxygen atoms in total. The predicted octanol–water partition coefficient (Wildman–Crippen LogP) is 1.84. The fraction of sp³-hybridized carbons (Fsp3) is 0.714. The van der Waals surface area contributed by atoms with E-state index in [9.17, 15) is 4.79 Å². The highest BCUT2D eigenvalue weighted by atomic mass is 16.1. The molecule has 2 N–H and O–H groups in total. The van der Waals surface area contributed by atoms with E-state index in [0.717, 1.165) is 43.6 Å². The van der Waals surface area contributed by atoms with Crippen molar-refractivity contribution in [3.8, 4) is 0 Å². The second-order valence-corrected chi connectivity index (χ2v) is 5.29. The van der Waals surface area contributed by atoms with Crippen LogP contribution in [0.2, 0.25) is 0 Å². The lowest BCUT2D eigenvalue weighted by Gasteiger charge is -2.27. The maximum absolute atomic E-state index is 12.3. The molecule has 2 atom stereocenters. The molecule has 0 radical (unpaired) electrons. The van der Waals surface area contributed by atoms with Crippen LogP contribution in [0.5, 0.6) is 0 Å². The number of carbonyl (C=O) groups excluding carboxylic acids is 1. The first kappa shape index (κ1) is 13.3. The second kappa shape index (κ2) is 5.65. The number of Topliss-reactive ketones (excluding diaryl/α,β-unsaturated/α-hetero) is 1. The molecule has 1 aliphatic carbocycles. The molecular formula is C14H23N3O. The quantitative estimate of drug-likeness (QED) is 0.885. The van der Waals surface area contributed by atoms with Gasteiger partial charge in [-0.15, -0.1) is 0 Å². The minimum absolute atomic E-state index is 0.0549. The third kappa shape index (κ3) is 2.80. The minimum Gasteiger partial charge on any atom is -0.327 e. The van der Waals surface area contributed by atoms with Crippen LogP contribution in [0.1, 0.15) is 44.0 Å². The smallest absolute Gasteiger partial charge is 0.143 e. The Kier molecular flexibility index (Phi) is 4.17. The number of nitrogens with zero attached hydrogens (tertiary/aromatic N) is 2. The van der Waals surface area contributed by atoms with Crippen LogP contribution in [0, 0.1) is 12.8 Å². The minimum atomic E-state index is 0.0549. The molecule has 1 aliphatic rings. The van der Waals surface area contributed by atoms with Crippen molar-refractivity contribution >= 4 is 5.78 Å². The summed E-state index contributed by atoms with van der Waals surface area (Å²) in [5, 5.41) is 4.38. The molecular weight excluding hydrogens is 226 g/mol. The Bertz CT molecular complexity index is 425. The third-order valence-electron chi connectivity index (χ3n) is 3.87. The topological polar surface area (TPSA) is 60.9 Å². The van der Waals surface area contributed by atoms with E-state index in [0.29, 0.717) is 6.42 Å². The molecule has 2 rings (SSSR count). The molecule has 1 aromatic rings. The molecule has 0 aliphatic heterocycles. The van der Waals surface area contributed by atoms with E-state index >= 15 is 0 Å². The fourth-order valence-corrected chi connectivity index (χ4v) is 2.88. The van der Waals surface area contributed by atoms with E-state index in [2.05, 4.69) is 5.10 Å². The number of aryl methyl sites for hydroxylation is 2. The number of hydrogen-bond acceptors (Lipinski definition) is 3. The van der Waals surface area contributed by atoms with Crippen molar-refractivity contribution < 1.29 is 4.79 Å². The van der Waals surface area contributed by atoms with Gasteiger partial charge in [0.1, 0.15) is 5.78 Å². The number of nitrogens with two attached hydrogens (primary N) is 1. The Morgan fingerprint density at radius 3 is 2.89 bits per heavy atom. The standard InChI is InChI=1S/C14H23N3O/c1-3-17-11(8-10(2)16-17)9-14(18)12-6-4-5-7-13(12)15/h8,12-13H,3-7,9,15H2,1-2H3. The van der Waals surface area contributed by atoms with Gasteiger partial charge in [0, 0.05) is 30.6 Å². The van der Waals surface area contributed by atoms with Gasteiger partial charge < -0.3 is 5.73 Å². The van der Waals surface area contributed by atoms with Crippen LogP contribution < -0.4 is 5.73 Å². The van der Waals surface area contributed by atoms with Crippen molar-refractivity contribution in [1.29, 1.82) is 0 Å². The van der Waals surface area contributed by atoms with Crippen molar-refractivity contribution in [2.45, 2.75) is 58.5 Å². The first-order chi connectivity index (χ1) is 8.61. The summed E-state index contributed by atoms with van der Waals surface area (Å²) in [5.74, 6) is 0.344. The van der Waals surface area contributed by atoms with Gasteiger partial charge in [0.15, 0.2) is 0 Å². The lowest BCUT2D eigenvalue weighted by molar-refractivity contribution is -0.123. The summed E-state index contributed by atoms with van der Waals surface area (Å²) in [4.78, 5) is 12.3. The summed E-state index contributed by atoms with van der Waals surface area (Å²) in [6.45, 7) is 4.83. The molecule has 2 unspecified atom stereocenters. The van der Waals surface area contributed by atoms with E-state index < -0.39 is 0 Å². The van der Waals surface area contributed by atoms with E-state index in [-0.39, 0.29) is 17.7 Å². The van der Waals surface area contributed by atoms with Crippen LogP contribution >= 0.6 is 0 Å². The molecule has 100 valence electrons. The largest absolute Gasteiger partial charge is 0.327 e. The highest BCUT2D eigenvalue weighted by Crippen LogP contribution is 2.25. The Morgan fingerprint density at radius 2 is 2.22 bits per heavy atom. The number of aromatic nitrogens is 2. The molecule has 0 amide bonds. The molecule has 0 spiro atoms. The zero-order valence-electron chi connectivity index (χ0n) is 11.4. The number of carbonyl (C=O) groups is 1. The van der Waals surface area contributed by atoms with Crippen LogP contribution in [-0.2, 0) is 17.8 Å². The number of ketones is 1. The van der Waals surface area contributed by atoms with Crippen LogP contribution in [0.15, 0.2) is 6.07 Å². The van der Waals surface area contributed by atoms with Crippen LogP contribution in [0.3, 0.4) is 0 Å². The van der Waals surface area contributed by atoms with E-state index in [1.54, 1.807) is 0 Å². The first-order valence-corrected chi connectivity index (χ1v) is 6.93. The first-order valence-electron chi connectivity index (χ1n) is 6.93. The van der Waals surface area contributed by atoms with Gasteiger partial charge in [0.05, 0.1) is 5.69 Å². The average molecular weight is 249 g/mol. The van der Waals surface area contributed by atoms with E-state index in [1.807, 2.05) is 24.6 Å². The van der Waals surface area contributed by atoms with Gasteiger partial charge in [-0.3, -0.25) is 9.48 Å². The van der Waals surface area contributed by atoms with Gasteiger partial charge in [0.25, 0.3) is 0 Å². The highest BCUT2D eigenvalue weighted by molar-refractivity contribution is 5.83. The Morgan fingerprint density at radius 1 is 1.50 bits per heavy atom. The SMILES string of the molecule is CCn1nc(C)cc1CC(=O)C1CCCCC1N. The zero-order chi connectivity index (χ0) is 13.1. The summed E-state index contributed by atoms with van der Waals surface area (Å²) in [7, 11) is 0. The maximum Gasteiger partial charge on any atom is 0.143 e. The molecule has 1 heterocycles. The van der Waals surface area contributed by atoms with E-state index in [4.69, 9.17) is 5.73 Å². The maximum atomic E-state index is 12.3. The van der Waals surface area contributed by atoms with Crippen molar-refractivity contribution in [2.75, 3.05) is 0 Å². The molecule has 1 saturated carbocycles. The summed E-state index contributed by atoms with van der Waals surface area (Å²) < 4.78 is 1.92. The van der Waals surface area contributed by atoms with Crippen LogP contribution in [0.4, 0.5) is 0 Å². The Hall–Kier alpha value is -1.16. The van der Waals surface area contributed by atoms with Crippen molar-refractivity contribution in [1.82, 2.24) is 9.78 Å². The molecule has 0 bridgehead atoms. The molecule has 1 aromatic heterocycles. The molecule has 4 heteroatoms. The van der Waals surface area contributed by atoms with Gasteiger partial charge in [-0.25, -0.2) is 0 Å². The summed E-state index contributed by atoms with van der Waals surface area (Å²) in [6, 6.07) is 2.07. The summed E-state index contributed by atoms with van der Waals surface area (Å²) >= 11 is 0. The Labute approximate surface area is 109 Å². The summed E-state index contributed by atoms with van der Waals surface area (Å²) in [5.41, 5.74) is 8.07. The van der Waals surface area contributed by atoms with Crippen LogP contribution in [-0.4, -0.2) is 21.6 Å². The van der Waals surface area contributed by atoms with Gasteiger partial charge in [-0.05, 0) is 32.8 Å². The predicted molar refractivity (Wildman–Crippen MR) is 71.3 cm³/mol. The zero-order valence-corrected chi connectivity index (χ0v) is 11.4. The number of hydrogen-bond donors (Lipinski definition) is 1. The molecule has 0 aromatic carbocycles. The lowest BCUT2D eigenvalue weighted by atomic mass is 9.81. The van der Waals surface area contributed by atoms with Gasteiger partial charge in [0.2, 0.25) is 0 Å². The van der Waals surface area contributed by atoms with Gasteiger partial charge >= 0.3 is 0 Å². The third-order valence-corrected chi connectivity index (χ3v) is 3.87. The fourth-order valence-electron chi connectivity index (χ4n) is 2.88. The normalized spacial score (nSPS) is 24.2. The average Bonchev–Trinajstić information content (AvgIpc) is 2.70. The molecule has 0 saturated heterocycles. The second-order valence-electron chi connectivity index (χ2n) is 5.29. The van der Waals surface area contributed by atoms with Crippen molar-refractivity contribution in [3.63, 3.8) is 0 Å². The van der Waals surface area contributed by atoms with E-state index in [1.165, 1.54) is 0 Å².